The zero-order valence-electron chi connectivity index (χ0n) is 13.8. The molecule has 1 saturated heterocycles. The first-order chi connectivity index (χ1) is 12.0. The van der Waals surface area contributed by atoms with Crippen molar-refractivity contribution in [1.82, 2.24) is 9.88 Å². The number of pyridine rings is 1. The molecule has 2 N–H and O–H groups in total. The van der Waals surface area contributed by atoms with E-state index in [1.807, 2.05) is 43.3 Å². The molecule has 1 aliphatic rings. The second kappa shape index (κ2) is 5.86. The first-order valence-electron chi connectivity index (χ1n) is 8.23. The summed E-state index contributed by atoms with van der Waals surface area (Å²) in [6, 6.07) is 14.8. The van der Waals surface area contributed by atoms with Gasteiger partial charge in [0.2, 0.25) is 0 Å². The number of aryl methyl sites for hydroxylation is 1. The fraction of sp³-hybridized carbons (Fsp3) is 0.200. The molecule has 0 atom stereocenters. The summed E-state index contributed by atoms with van der Waals surface area (Å²) in [4.78, 5) is 29.1. The maximum absolute atomic E-state index is 12.3. The number of nitrogens with zero attached hydrogens (tertiary/aromatic N) is 1. The molecule has 0 bridgehead atoms. The number of hydrogen-bond acceptors (Lipinski definition) is 3. The summed E-state index contributed by atoms with van der Waals surface area (Å²) in [5.74, 6) is -0.0836. The van der Waals surface area contributed by atoms with E-state index in [9.17, 15) is 14.7 Å². The minimum Gasteiger partial charge on any atom is -0.389 e. The van der Waals surface area contributed by atoms with Crippen LogP contribution in [0, 0.1) is 6.92 Å². The SMILES string of the molecule is Cc1cccc2c(=O)[nH]c(-c3ccc(C(=O)N4CC(O)C4)cc3)cc12. The summed E-state index contributed by atoms with van der Waals surface area (Å²) in [5, 5.41) is 10.9. The molecule has 2 heterocycles. The molecule has 1 aromatic heterocycles. The van der Waals surface area contributed by atoms with Gasteiger partial charge >= 0.3 is 0 Å². The molecule has 2 aromatic carbocycles. The maximum Gasteiger partial charge on any atom is 0.256 e. The Morgan fingerprint density at radius 2 is 1.84 bits per heavy atom. The molecular weight excluding hydrogens is 316 g/mol. The van der Waals surface area contributed by atoms with Crippen LogP contribution < -0.4 is 5.56 Å². The number of likely N-dealkylation sites (tertiary alicyclic amines) is 1. The van der Waals surface area contributed by atoms with E-state index < -0.39 is 6.10 Å². The van der Waals surface area contributed by atoms with Crippen molar-refractivity contribution in [2.24, 2.45) is 0 Å². The van der Waals surface area contributed by atoms with E-state index in [2.05, 4.69) is 4.98 Å². The van der Waals surface area contributed by atoms with Crippen molar-refractivity contribution in [3.63, 3.8) is 0 Å². The number of amides is 1. The Balaban J connectivity index is 1.68. The summed E-state index contributed by atoms with van der Waals surface area (Å²) >= 11 is 0. The minimum atomic E-state index is -0.408. The van der Waals surface area contributed by atoms with E-state index in [0.717, 1.165) is 22.2 Å². The lowest BCUT2D eigenvalue weighted by molar-refractivity contribution is 0.00590. The van der Waals surface area contributed by atoms with E-state index in [4.69, 9.17) is 0 Å². The van der Waals surface area contributed by atoms with Crippen molar-refractivity contribution < 1.29 is 9.90 Å². The molecule has 1 aliphatic heterocycles. The van der Waals surface area contributed by atoms with Gasteiger partial charge in [-0.1, -0.05) is 24.3 Å². The van der Waals surface area contributed by atoms with E-state index in [1.54, 1.807) is 17.0 Å². The van der Waals surface area contributed by atoms with Gasteiger partial charge in [0.25, 0.3) is 11.5 Å². The molecule has 5 nitrogen and oxygen atoms in total. The average molecular weight is 334 g/mol. The summed E-state index contributed by atoms with van der Waals surface area (Å²) in [6.07, 6.45) is -0.408. The lowest BCUT2D eigenvalue weighted by Gasteiger charge is -2.35. The lowest BCUT2D eigenvalue weighted by Crippen LogP contribution is -2.53. The standard InChI is InChI=1S/C20H18N2O3/c1-12-3-2-4-16-17(12)9-18(21-19(16)24)13-5-7-14(8-6-13)20(25)22-10-15(23)11-22/h2-9,15,23H,10-11H2,1H3,(H,21,24). The van der Waals surface area contributed by atoms with Crippen molar-refractivity contribution in [1.29, 1.82) is 0 Å². The largest absolute Gasteiger partial charge is 0.389 e. The van der Waals surface area contributed by atoms with E-state index in [1.165, 1.54) is 0 Å². The number of fused-ring (bicyclic) bond motifs is 1. The second-order valence-electron chi connectivity index (χ2n) is 6.49. The van der Waals surface area contributed by atoms with Crippen LogP contribution in [0.3, 0.4) is 0 Å². The number of rotatable bonds is 2. The van der Waals surface area contributed by atoms with E-state index in [-0.39, 0.29) is 11.5 Å². The first kappa shape index (κ1) is 15.6. The summed E-state index contributed by atoms with van der Waals surface area (Å²) in [6.45, 7) is 2.75. The van der Waals surface area contributed by atoms with Crippen molar-refractivity contribution in [2.75, 3.05) is 13.1 Å². The number of benzene rings is 2. The number of carbonyl (C=O) groups excluding carboxylic acids is 1. The molecule has 126 valence electrons. The highest BCUT2D eigenvalue weighted by Crippen LogP contribution is 2.23. The van der Waals surface area contributed by atoms with Crippen LogP contribution in [-0.4, -0.2) is 40.1 Å². The number of aliphatic hydroxyl groups excluding tert-OH is 1. The van der Waals surface area contributed by atoms with Gasteiger partial charge in [0, 0.05) is 29.7 Å². The van der Waals surface area contributed by atoms with Crippen molar-refractivity contribution >= 4 is 16.7 Å². The second-order valence-corrected chi connectivity index (χ2v) is 6.49. The minimum absolute atomic E-state index is 0.0836. The first-order valence-corrected chi connectivity index (χ1v) is 8.23. The van der Waals surface area contributed by atoms with Crippen LogP contribution in [-0.2, 0) is 0 Å². The molecule has 0 aliphatic carbocycles. The Kier molecular flexibility index (Phi) is 3.66. The topological polar surface area (TPSA) is 73.4 Å². The van der Waals surface area contributed by atoms with Crippen LogP contribution >= 0.6 is 0 Å². The van der Waals surface area contributed by atoms with Gasteiger partial charge in [-0.2, -0.15) is 0 Å². The number of aromatic nitrogens is 1. The van der Waals surface area contributed by atoms with Crippen LogP contribution in [0.15, 0.2) is 53.3 Å². The van der Waals surface area contributed by atoms with E-state index >= 15 is 0 Å². The van der Waals surface area contributed by atoms with Gasteiger partial charge in [-0.25, -0.2) is 0 Å². The van der Waals surface area contributed by atoms with E-state index in [0.29, 0.717) is 24.0 Å². The zero-order valence-corrected chi connectivity index (χ0v) is 13.8. The Hall–Kier alpha value is -2.92. The molecule has 0 saturated carbocycles. The van der Waals surface area contributed by atoms with Gasteiger partial charge in [-0.05, 0) is 47.7 Å². The maximum atomic E-state index is 12.3. The van der Waals surface area contributed by atoms with Gasteiger partial charge in [0.15, 0.2) is 0 Å². The monoisotopic (exact) mass is 334 g/mol. The summed E-state index contributed by atoms with van der Waals surface area (Å²) in [5.41, 5.74) is 3.08. The predicted molar refractivity (Wildman–Crippen MR) is 96.7 cm³/mol. The van der Waals surface area contributed by atoms with Crippen LogP contribution in [0.25, 0.3) is 22.0 Å². The number of aromatic amines is 1. The Bertz CT molecular complexity index is 1020. The fourth-order valence-electron chi connectivity index (χ4n) is 3.19. The molecule has 1 amide bonds. The highest BCUT2D eigenvalue weighted by Gasteiger charge is 2.29. The number of nitrogens with one attached hydrogen (secondary N) is 1. The van der Waals surface area contributed by atoms with Gasteiger partial charge in [-0.3, -0.25) is 9.59 Å². The molecule has 25 heavy (non-hydrogen) atoms. The van der Waals surface area contributed by atoms with Crippen molar-refractivity contribution in [2.45, 2.75) is 13.0 Å². The third-order valence-corrected chi connectivity index (χ3v) is 4.70. The number of H-pyrrole nitrogens is 1. The third kappa shape index (κ3) is 2.72. The highest BCUT2D eigenvalue weighted by atomic mass is 16.3. The van der Waals surface area contributed by atoms with Crippen molar-refractivity contribution in [3.05, 3.63) is 70.0 Å². The molecule has 0 unspecified atom stereocenters. The van der Waals surface area contributed by atoms with Crippen LogP contribution in [0.5, 0.6) is 0 Å². The average Bonchev–Trinajstić information content (AvgIpc) is 2.59. The van der Waals surface area contributed by atoms with Crippen molar-refractivity contribution in [3.8, 4) is 11.3 Å². The molecule has 5 heteroatoms. The molecule has 3 aromatic rings. The smallest absolute Gasteiger partial charge is 0.256 e. The van der Waals surface area contributed by atoms with Gasteiger partial charge in [-0.15, -0.1) is 0 Å². The normalized spacial score (nSPS) is 14.6. The summed E-state index contributed by atoms with van der Waals surface area (Å²) < 4.78 is 0. The third-order valence-electron chi connectivity index (χ3n) is 4.70. The Morgan fingerprint density at radius 1 is 1.12 bits per heavy atom. The molecule has 1 fully saturated rings. The zero-order chi connectivity index (χ0) is 17.6. The fourth-order valence-corrected chi connectivity index (χ4v) is 3.19. The number of β-amino-alcohol motifs (C(OH)–C–C–N with tert-alkyl or cyclic N) is 1. The van der Waals surface area contributed by atoms with Gasteiger partial charge < -0.3 is 15.0 Å². The summed E-state index contributed by atoms with van der Waals surface area (Å²) in [7, 11) is 0. The number of hydrogen-bond donors (Lipinski definition) is 2. The molecule has 0 radical (unpaired) electrons. The predicted octanol–water partition coefficient (Wildman–Crippen LogP) is 2.32. The van der Waals surface area contributed by atoms with Crippen LogP contribution in [0.1, 0.15) is 15.9 Å². The Labute approximate surface area is 144 Å². The van der Waals surface area contributed by atoms with Gasteiger partial charge in [0.05, 0.1) is 6.10 Å². The number of carbonyl (C=O) groups is 1. The number of aliphatic hydroxyl groups is 1. The van der Waals surface area contributed by atoms with Crippen LogP contribution in [0.4, 0.5) is 0 Å². The highest BCUT2D eigenvalue weighted by molar-refractivity contribution is 5.95. The Morgan fingerprint density at radius 3 is 2.52 bits per heavy atom. The molecule has 0 spiro atoms. The van der Waals surface area contributed by atoms with Gasteiger partial charge in [0.1, 0.15) is 0 Å². The molecular formula is C20H18N2O3. The quantitative estimate of drug-likeness (QED) is 0.755. The molecule has 4 rings (SSSR count). The lowest BCUT2D eigenvalue weighted by atomic mass is 10.0. The van der Waals surface area contributed by atoms with Crippen LogP contribution in [0.2, 0.25) is 0 Å².